The Morgan fingerprint density at radius 3 is 1.35 bits per heavy atom. The van der Waals surface area contributed by atoms with Gasteiger partial charge in [-0.3, -0.25) is 0 Å². The van der Waals surface area contributed by atoms with E-state index in [0.717, 1.165) is 17.1 Å². The second-order valence-corrected chi connectivity index (χ2v) is 10.7. The molecule has 6 aromatic rings. The molecular weight excluding hydrogens is 482 g/mol. The van der Waals surface area contributed by atoms with Gasteiger partial charge in [-0.15, -0.1) is 0 Å². The summed E-state index contributed by atoms with van der Waals surface area (Å²) < 4.78 is 0. The Hall–Kier alpha value is -4.88. The molecule has 6 rings (SSSR count). The van der Waals surface area contributed by atoms with E-state index in [4.69, 9.17) is 0 Å². The average Bonchev–Trinajstić information content (AvgIpc) is 3.03. The summed E-state index contributed by atoms with van der Waals surface area (Å²) in [6.45, 7) is 4.58. The third-order valence-electron chi connectivity index (χ3n) is 7.79. The molecule has 194 valence electrons. The van der Waals surface area contributed by atoms with Crippen LogP contribution in [0.15, 0.2) is 164 Å². The van der Waals surface area contributed by atoms with Gasteiger partial charge in [0.1, 0.15) is 0 Å². The number of hydrogen-bond donors (Lipinski definition) is 0. The van der Waals surface area contributed by atoms with Crippen molar-refractivity contribution in [3.63, 3.8) is 0 Å². The molecule has 0 aromatic heterocycles. The van der Waals surface area contributed by atoms with Gasteiger partial charge in [-0.25, -0.2) is 0 Å². The van der Waals surface area contributed by atoms with Gasteiger partial charge >= 0.3 is 0 Å². The Morgan fingerprint density at radius 1 is 0.350 bits per heavy atom. The summed E-state index contributed by atoms with van der Waals surface area (Å²) in [6.07, 6.45) is 0. The van der Waals surface area contributed by atoms with Crippen LogP contribution in [-0.2, 0) is 5.41 Å². The third-order valence-corrected chi connectivity index (χ3v) is 7.79. The van der Waals surface area contributed by atoms with E-state index in [0.29, 0.717) is 0 Å². The molecule has 6 aromatic carbocycles. The first kappa shape index (κ1) is 25.4. The Balaban J connectivity index is 1.42. The molecule has 0 radical (unpaired) electrons. The van der Waals surface area contributed by atoms with E-state index in [-0.39, 0.29) is 5.41 Å². The first-order chi connectivity index (χ1) is 19.6. The van der Waals surface area contributed by atoms with Gasteiger partial charge in [-0.1, -0.05) is 141 Å². The zero-order chi connectivity index (χ0) is 27.4. The minimum Gasteiger partial charge on any atom is -0.310 e. The molecule has 0 atom stereocenters. The Labute approximate surface area is 238 Å². The summed E-state index contributed by atoms with van der Waals surface area (Å²) in [5, 5.41) is 0. The Morgan fingerprint density at radius 2 is 0.775 bits per heavy atom. The molecule has 1 heteroatoms. The maximum Gasteiger partial charge on any atom is 0.0467 e. The third kappa shape index (κ3) is 5.19. The van der Waals surface area contributed by atoms with E-state index in [1.165, 1.54) is 33.4 Å². The van der Waals surface area contributed by atoms with Crippen molar-refractivity contribution in [3.05, 3.63) is 175 Å². The fourth-order valence-corrected chi connectivity index (χ4v) is 5.38. The molecule has 0 aliphatic carbocycles. The van der Waals surface area contributed by atoms with E-state index < -0.39 is 0 Å². The zero-order valence-electron chi connectivity index (χ0n) is 23.0. The van der Waals surface area contributed by atoms with Crippen LogP contribution in [0.1, 0.15) is 25.0 Å². The van der Waals surface area contributed by atoms with E-state index >= 15 is 0 Å². The zero-order valence-corrected chi connectivity index (χ0v) is 23.0. The van der Waals surface area contributed by atoms with Crippen LogP contribution in [-0.4, -0.2) is 0 Å². The number of nitrogens with zero attached hydrogens (tertiary/aromatic N) is 1. The molecular formula is C39H33N. The van der Waals surface area contributed by atoms with Gasteiger partial charge < -0.3 is 4.90 Å². The molecule has 0 aliphatic heterocycles. The van der Waals surface area contributed by atoms with Crippen molar-refractivity contribution < 1.29 is 0 Å². The highest BCUT2D eigenvalue weighted by Crippen LogP contribution is 2.39. The number of anilines is 3. The minimum atomic E-state index is -0.0881. The lowest BCUT2D eigenvalue weighted by Gasteiger charge is -2.29. The minimum absolute atomic E-state index is 0.0881. The fraction of sp³-hybridized carbons (Fsp3) is 0.0769. The second-order valence-electron chi connectivity index (χ2n) is 10.7. The second kappa shape index (κ2) is 11.1. The lowest BCUT2D eigenvalue weighted by Crippen LogP contribution is -2.19. The molecule has 0 saturated carbocycles. The fourth-order valence-electron chi connectivity index (χ4n) is 5.38. The summed E-state index contributed by atoms with van der Waals surface area (Å²) >= 11 is 0. The molecule has 0 saturated heterocycles. The van der Waals surface area contributed by atoms with E-state index in [9.17, 15) is 0 Å². The maximum atomic E-state index is 2.35. The summed E-state index contributed by atoms with van der Waals surface area (Å²) in [7, 11) is 0. The van der Waals surface area contributed by atoms with E-state index in [1.807, 2.05) is 0 Å². The predicted molar refractivity (Wildman–Crippen MR) is 171 cm³/mol. The summed E-state index contributed by atoms with van der Waals surface area (Å²) in [6, 6.07) is 58.6. The number of hydrogen-bond acceptors (Lipinski definition) is 1. The molecule has 1 nitrogen and oxygen atoms in total. The molecule has 0 fully saturated rings. The Bertz CT molecular complexity index is 1670. The lowest BCUT2D eigenvalue weighted by molar-refractivity contribution is 0.641. The summed E-state index contributed by atoms with van der Waals surface area (Å²) in [5.74, 6) is 0. The van der Waals surface area contributed by atoms with Crippen molar-refractivity contribution in [2.24, 2.45) is 0 Å². The van der Waals surface area contributed by atoms with Crippen LogP contribution in [0.4, 0.5) is 17.1 Å². The van der Waals surface area contributed by atoms with E-state index in [2.05, 4.69) is 183 Å². The highest BCUT2D eigenvalue weighted by molar-refractivity contribution is 5.81. The van der Waals surface area contributed by atoms with Crippen molar-refractivity contribution >= 4 is 17.1 Å². The number of benzene rings is 6. The van der Waals surface area contributed by atoms with Gasteiger partial charge in [0, 0.05) is 22.5 Å². The predicted octanol–water partition coefficient (Wildman–Crippen LogP) is 10.8. The lowest BCUT2D eigenvalue weighted by atomic mass is 9.78. The average molecular weight is 516 g/mol. The van der Waals surface area contributed by atoms with Crippen LogP contribution < -0.4 is 4.90 Å². The SMILES string of the molecule is CC(C)(c1ccccc1)c1ccc(N(c2ccc(-c3ccccc3)cc2)c2cccc(-c3ccccc3)c2)cc1. The molecule has 0 bridgehead atoms. The highest BCUT2D eigenvalue weighted by Gasteiger charge is 2.23. The van der Waals surface area contributed by atoms with E-state index in [1.54, 1.807) is 0 Å². The Kier molecular flexibility index (Phi) is 7.04. The highest BCUT2D eigenvalue weighted by atomic mass is 15.1. The molecule has 0 amide bonds. The first-order valence-corrected chi connectivity index (χ1v) is 13.9. The van der Waals surface area contributed by atoms with Crippen molar-refractivity contribution in [1.29, 1.82) is 0 Å². The number of rotatable bonds is 7. The standard InChI is InChI=1S/C39H33N/c1-39(2,34-18-10-5-11-19-34)35-23-27-37(28-24-35)40(36-25-21-32(22-26-36)30-13-6-3-7-14-30)38-20-12-17-33(29-38)31-15-8-4-9-16-31/h3-29H,1-2H3. The van der Waals surface area contributed by atoms with Crippen LogP contribution >= 0.6 is 0 Å². The monoisotopic (exact) mass is 515 g/mol. The van der Waals surface area contributed by atoms with Crippen molar-refractivity contribution in [1.82, 2.24) is 0 Å². The maximum absolute atomic E-state index is 2.35. The molecule has 0 N–H and O–H groups in total. The molecule has 40 heavy (non-hydrogen) atoms. The van der Waals surface area contributed by atoms with Crippen LogP contribution in [0.25, 0.3) is 22.3 Å². The van der Waals surface area contributed by atoms with Crippen molar-refractivity contribution in [2.75, 3.05) is 4.90 Å². The van der Waals surface area contributed by atoms with Gasteiger partial charge in [-0.2, -0.15) is 0 Å². The van der Waals surface area contributed by atoms with Gasteiger partial charge in [-0.05, 0) is 69.8 Å². The molecule has 0 spiro atoms. The van der Waals surface area contributed by atoms with Gasteiger partial charge in [0.25, 0.3) is 0 Å². The van der Waals surface area contributed by atoms with Crippen LogP contribution in [0.5, 0.6) is 0 Å². The van der Waals surface area contributed by atoms with Crippen molar-refractivity contribution in [3.8, 4) is 22.3 Å². The largest absolute Gasteiger partial charge is 0.310 e. The normalized spacial score (nSPS) is 11.2. The van der Waals surface area contributed by atoms with Gasteiger partial charge in [0.05, 0.1) is 0 Å². The van der Waals surface area contributed by atoms with Gasteiger partial charge in [0.2, 0.25) is 0 Å². The summed E-state index contributed by atoms with van der Waals surface area (Å²) in [5.41, 5.74) is 10.7. The summed E-state index contributed by atoms with van der Waals surface area (Å²) in [4.78, 5) is 2.35. The topological polar surface area (TPSA) is 3.24 Å². The molecule has 0 unspecified atom stereocenters. The quantitative estimate of drug-likeness (QED) is 0.204. The molecule has 0 heterocycles. The molecule has 0 aliphatic rings. The first-order valence-electron chi connectivity index (χ1n) is 13.9. The van der Waals surface area contributed by atoms with Crippen LogP contribution in [0.3, 0.4) is 0 Å². The van der Waals surface area contributed by atoms with Crippen LogP contribution in [0.2, 0.25) is 0 Å². The van der Waals surface area contributed by atoms with Crippen molar-refractivity contribution in [2.45, 2.75) is 19.3 Å². The van der Waals surface area contributed by atoms with Gasteiger partial charge in [0.15, 0.2) is 0 Å². The smallest absolute Gasteiger partial charge is 0.0467 e. The van der Waals surface area contributed by atoms with Crippen LogP contribution in [0, 0.1) is 0 Å².